The van der Waals surface area contributed by atoms with E-state index in [0.717, 1.165) is 5.56 Å². The quantitative estimate of drug-likeness (QED) is 0.695. The molecule has 132 valence electrons. The van der Waals surface area contributed by atoms with Gasteiger partial charge in [0.1, 0.15) is 17.0 Å². The zero-order chi connectivity index (χ0) is 18.3. The molecule has 6 nitrogen and oxygen atoms in total. The summed E-state index contributed by atoms with van der Waals surface area (Å²) in [5, 5.41) is 9.65. The van der Waals surface area contributed by atoms with E-state index in [1.165, 1.54) is 31.7 Å². The van der Waals surface area contributed by atoms with Crippen molar-refractivity contribution in [2.24, 2.45) is 5.92 Å². The van der Waals surface area contributed by atoms with Gasteiger partial charge in [0.05, 0.1) is 10.8 Å². The number of pyridine rings is 1. The fraction of sp³-hybridized carbons (Fsp3) is 0.250. The van der Waals surface area contributed by atoms with Gasteiger partial charge in [-0.2, -0.15) is 4.98 Å². The first-order valence-corrected chi connectivity index (χ1v) is 8.61. The maximum Gasteiger partial charge on any atom is 0.339 e. The molecule has 1 aromatic carbocycles. The summed E-state index contributed by atoms with van der Waals surface area (Å²) in [7, 11) is 0. The molecule has 0 amide bonds. The van der Waals surface area contributed by atoms with Crippen molar-refractivity contribution in [2.75, 3.05) is 5.73 Å². The summed E-state index contributed by atoms with van der Waals surface area (Å²) in [6, 6.07) is 6.58. The Balaban J connectivity index is 1.83. The third-order valence-corrected chi connectivity index (χ3v) is 4.91. The molecule has 3 N–H and O–H groups in total. The van der Waals surface area contributed by atoms with Crippen LogP contribution in [-0.2, 0) is 0 Å². The van der Waals surface area contributed by atoms with E-state index in [2.05, 4.69) is 17.1 Å². The maximum atomic E-state index is 12.7. The van der Waals surface area contributed by atoms with Gasteiger partial charge >= 0.3 is 5.97 Å². The van der Waals surface area contributed by atoms with Crippen LogP contribution in [0.3, 0.4) is 0 Å². The fourth-order valence-electron chi connectivity index (χ4n) is 3.48. The van der Waals surface area contributed by atoms with Gasteiger partial charge in [-0.25, -0.2) is 4.79 Å². The highest BCUT2D eigenvalue weighted by Gasteiger charge is 2.16. The number of aromatic carboxylic acids is 1. The molecule has 1 aliphatic carbocycles. The van der Waals surface area contributed by atoms with Crippen molar-refractivity contribution in [2.45, 2.75) is 25.7 Å². The number of hydrogen-bond donors (Lipinski definition) is 2. The normalized spacial score (nSPS) is 15.4. The molecule has 0 saturated heterocycles. The average Bonchev–Trinajstić information content (AvgIpc) is 3.12. The second-order valence-corrected chi connectivity index (χ2v) is 6.67. The molecule has 4 rings (SSSR count). The first-order chi connectivity index (χ1) is 12.5. The van der Waals surface area contributed by atoms with Crippen molar-refractivity contribution in [3.63, 3.8) is 0 Å². The molecule has 0 spiro atoms. The molecule has 0 atom stereocenters. The molecule has 1 aliphatic rings. The number of carboxylic acids is 1. The van der Waals surface area contributed by atoms with Gasteiger partial charge in [-0.1, -0.05) is 31.1 Å². The smallest absolute Gasteiger partial charge is 0.339 e. The van der Waals surface area contributed by atoms with Crippen molar-refractivity contribution >= 4 is 39.9 Å². The van der Waals surface area contributed by atoms with Gasteiger partial charge in [-0.05, 0) is 42.5 Å². The van der Waals surface area contributed by atoms with E-state index >= 15 is 0 Å². The molecule has 1 saturated carbocycles. The number of benzene rings is 1. The van der Waals surface area contributed by atoms with Gasteiger partial charge in [-0.3, -0.25) is 4.79 Å². The fourth-order valence-corrected chi connectivity index (χ4v) is 3.48. The van der Waals surface area contributed by atoms with Gasteiger partial charge < -0.3 is 15.3 Å². The van der Waals surface area contributed by atoms with E-state index in [-0.39, 0.29) is 27.9 Å². The predicted octanol–water partition coefficient (Wildman–Crippen LogP) is 3.83. The highest BCUT2D eigenvalue weighted by Crippen LogP contribution is 2.27. The second kappa shape index (κ2) is 6.29. The summed E-state index contributed by atoms with van der Waals surface area (Å²) >= 11 is 0. The van der Waals surface area contributed by atoms with Crippen LogP contribution in [0.25, 0.3) is 28.1 Å². The summed E-state index contributed by atoms with van der Waals surface area (Å²) in [5.74, 6) is -0.793. The molecule has 6 heteroatoms. The number of fused-ring (bicyclic) bond motifs is 2. The molecule has 0 radical (unpaired) electrons. The minimum Gasteiger partial charge on any atom is -0.478 e. The van der Waals surface area contributed by atoms with Gasteiger partial charge in [0, 0.05) is 0 Å². The van der Waals surface area contributed by atoms with Crippen LogP contribution in [0.4, 0.5) is 5.82 Å². The predicted molar refractivity (Wildman–Crippen MR) is 100 cm³/mol. The number of carboxylic acid groups (broad SMARTS) is 1. The van der Waals surface area contributed by atoms with Gasteiger partial charge in [-0.15, -0.1) is 0 Å². The zero-order valence-electron chi connectivity index (χ0n) is 14.1. The van der Waals surface area contributed by atoms with Gasteiger partial charge in [0.2, 0.25) is 11.1 Å². The topological polar surface area (TPSA) is 106 Å². The Kier molecular flexibility index (Phi) is 3.95. The molecule has 0 unspecified atom stereocenters. The van der Waals surface area contributed by atoms with Crippen LogP contribution in [0.15, 0.2) is 39.6 Å². The number of rotatable bonds is 3. The van der Waals surface area contributed by atoms with Crippen LogP contribution in [0.2, 0.25) is 0 Å². The molecule has 26 heavy (non-hydrogen) atoms. The first kappa shape index (κ1) is 16.3. The number of nitrogens with two attached hydrogens (primary N) is 1. The van der Waals surface area contributed by atoms with E-state index in [4.69, 9.17) is 15.3 Å². The summed E-state index contributed by atoms with van der Waals surface area (Å²) in [5.41, 5.74) is 6.54. The lowest BCUT2D eigenvalue weighted by molar-refractivity contribution is 0.0698. The van der Waals surface area contributed by atoms with Gasteiger partial charge in [0.15, 0.2) is 0 Å². The van der Waals surface area contributed by atoms with Crippen LogP contribution >= 0.6 is 0 Å². The van der Waals surface area contributed by atoms with Crippen LogP contribution in [-0.4, -0.2) is 16.1 Å². The van der Waals surface area contributed by atoms with E-state index in [1.807, 2.05) is 6.07 Å². The van der Waals surface area contributed by atoms with E-state index in [0.29, 0.717) is 16.9 Å². The Hall–Kier alpha value is -3.15. The van der Waals surface area contributed by atoms with Crippen LogP contribution in [0.5, 0.6) is 0 Å². The average molecular weight is 350 g/mol. The Morgan fingerprint density at radius 1 is 1.23 bits per heavy atom. The molecule has 2 aromatic heterocycles. The molecule has 0 bridgehead atoms. The maximum absolute atomic E-state index is 12.7. The molecule has 2 heterocycles. The number of carbonyl (C=O) groups is 1. The number of hydrogen-bond acceptors (Lipinski definition) is 5. The Morgan fingerprint density at radius 2 is 2.00 bits per heavy atom. The zero-order valence-corrected chi connectivity index (χ0v) is 14.1. The van der Waals surface area contributed by atoms with E-state index in [1.54, 1.807) is 12.1 Å². The standard InChI is InChI=1S/C20H18N2O4/c21-18-15(20(24)25)10-14-17(23)13-8-7-12(6-5-11-3-1-2-4-11)9-16(13)26-19(14)22-18/h5-11H,1-4H2,(H2,21,22)(H,24,25). The first-order valence-electron chi connectivity index (χ1n) is 8.61. The van der Waals surface area contributed by atoms with Crippen molar-refractivity contribution in [3.05, 3.63) is 51.7 Å². The Labute approximate surface area is 149 Å². The minimum atomic E-state index is -1.23. The van der Waals surface area contributed by atoms with Crippen molar-refractivity contribution in [1.29, 1.82) is 0 Å². The lowest BCUT2D eigenvalue weighted by Crippen LogP contribution is -2.09. The van der Waals surface area contributed by atoms with E-state index in [9.17, 15) is 9.59 Å². The van der Waals surface area contributed by atoms with Crippen molar-refractivity contribution in [3.8, 4) is 0 Å². The molecule has 1 fully saturated rings. The number of nitrogens with zero attached hydrogens (tertiary/aromatic N) is 1. The molecule has 3 aromatic rings. The lowest BCUT2D eigenvalue weighted by Gasteiger charge is -2.05. The molecular weight excluding hydrogens is 332 g/mol. The molecule has 0 aliphatic heterocycles. The number of nitrogen functional groups attached to an aromatic ring is 1. The second-order valence-electron chi connectivity index (χ2n) is 6.67. The van der Waals surface area contributed by atoms with Crippen LogP contribution < -0.4 is 11.2 Å². The summed E-state index contributed by atoms with van der Waals surface area (Å²) in [6.07, 6.45) is 9.26. The summed E-state index contributed by atoms with van der Waals surface area (Å²) < 4.78 is 5.74. The number of aromatic nitrogens is 1. The van der Waals surface area contributed by atoms with E-state index < -0.39 is 5.97 Å². The number of allylic oxidation sites excluding steroid dienone is 1. The lowest BCUT2D eigenvalue weighted by atomic mass is 10.0. The minimum absolute atomic E-state index is 0.0434. The summed E-state index contributed by atoms with van der Waals surface area (Å²) in [6.45, 7) is 0. The Morgan fingerprint density at radius 3 is 2.73 bits per heavy atom. The third-order valence-electron chi connectivity index (χ3n) is 4.91. The SMILES string of the molecule is Nc1nc2oc3cc(C=CC4CCCC4)ccc3c(=O)c2cc1C(=O)O. The highest BCUT2D eigenvalue weighted by molar-refractivity contribution is 5.98. The summed E-state index contributed by atoms with van der Waals surface area (Å²) in [4.78, 5) is 27.9. The van der Waals surface area contributed by atoms with Crippen molar-refractivity contribution in [1.82, 2.24) is 4.98 Å². The monoisotopic (exact) mass is 350 g/mol. The highest BCUT2D eigenvalue weighted by atomic mass is 16.4. The van der Waals surface area contributed by atoms with Gasteiger partial charge in [0.25, 0.3) is 0 Å². The molecular formula is C20H18N2O4. The van der Waals surface area contributed by atoms with Crippen molar-refractivity contribution < 1.29 is 14.3 Å². The largest absolute Gasteiger partial charge is 0.478 e. The third kappa shape index (κ3) is 2.83. The van der Waals surface area contributed by atoms with Crippen LogP contribution in [0.1, 0.15) is 41.6 Å². The number of anilines is 1. The van der Waals surface area contributed by atoms with Crippen LogP contribution in [0, 0.1) is 5.92 Å². The Bertz CT molecular complexity index is 1110.